The summed E-state index contributed by atoms with van der Waals surface area (Å²) in [6.07, 6.45) is 54.1. The van der Waals surface area contributed by atoms with E-state index in [-0.39, 0.29) is 31.1 Å². The molecule has 0 aromatic carbocycles. The Morgan fingerprint density at radius 1 is 0.345 bits per heavy atom. The van der Waals surface area contributed by atoms with Crippen molar-refractivity contribution in [2.75, 3.05) is 13.2 Å². The van der Waals surface area contributed by atoms with Crippen LogP contribution in [-0.2, 0) is 28.6 Å². The van der Waals surface area contributed by atoms with Crippen LogP contribution in [0.3, 0.4) is 0 Å². The third kappa shape index (κ3) is 44.7. The minimum atomic E-state index is -0.772. The average molecular weight is 815 g/mol. The summed E-state index contributed by atoms with van der Waals surface area (Å²) in [7, 11) is 0. The molecule has 0 aliphatic carbocycles. The van der Waals surface area contributed by atoms with Gasteiger partial charge in [0.15, 0.2) is 6.10 Å². The molecule has 0 heterocycles. The fourth-order valence-electron chi connectivity index (χ4n) is 7.06. The maximum Gasteiger partial charge on any atom is 0.306 e. The van der Waals surface area contributed by atoms with Crippen LogP contribution >= 0.6 is 0 Å². The molecule has 0 spiro atoms. The summed E-state index contributed by atoms with van der Waals surface area (Å²) >= 11 is 0. The van der Waals surface area contributed by atoms with E-state index in [1.165, 1.54) is 148 Å². The van der Waals surface area contributed by atoms with E-state index in [1.54, 1.807) is 0 Å². The van der Waals surface area contributed by atoms with Gasteiger partial charge in [-0.15, -0.1) is 0 Å². The zero-order chi connectivity index (χ0) is 42.3. The summed E-state index contributed by atoms with van der Waals surface area (Å²) in [4.78, 5) is 37.8. The number of hydrogen-bond acceptors (Lipinski definition) is 6. The second kappa shape index (κ2) is 47.3. The predicted octanol–water partition coefficient (Wildman–Crippen LogP) is 16.1. The third-order valence-corrected chi connectivity index (χ3v) is 10.9. The number of esters is 3. The van der Waals surface area contributed by atoms with Crippen molar-refractivity contribution in [3.63, 3.8) is 0 Å². The van der Waals surface area contributed by atoms with E-state index in [0.29, 0.717) is 19.3 Å². The zero-order valence-electron chi connectivity index (χ0n) is 38.6. The van der Waals surface area contributed by atoms with Gasteiger partial charge in [0, 0.05) is 19.3 Å². The molecule has 0 fully saturated rings. The van der Waals surface area contributed by atoms with Crippen LogP contribution in [0.15, 0.2) is 36.5 Å². The Morgan fingerprint density at radius 2 is 0.638 bits per heavy atom. The van der Waals surface area contributed by atoms with Crippen LogP contribution in [0.4, 0.5) is 0 Å². The maximum atomic E-state index is 12.7. The molecule has 0 N–H and O–H groups in total. The molecule has 0 aromatic heterocycles. The summed E-state index contributed by atoms with van der Waals surface area (Å²) in [5.74, 6) is -0.883. The van der Waals surface area contributed by atoms with E-state index in [4.69, 9.17) is 14.2 Å². The van der Waals surface area contributed by atoms with Gasteiger partial charge in [-0.1, -0.05) is 211 Å². The van der Waals surface area contributed by atoms with E-state index in [9.17, 15) is 14.4 Å². The Balaban J connectivity index is 4.28. The Hall–Kier alpha value is -2.37. The van der Waals surface area contributed by atoms with Crippen molar-refractivity contribution in [1.82, 2.24) is 0 Å². The van der Waals surface area contributed by atoms with Gasteiger partial charge in [0.05, 0.1) is 0 Å². The molecule has 6 nitrogen and oxygen atoms in total. The quantitative estimate of drug-likeness (QED) is 0.0200. The molecule has 0 saturated carbocycles. The van der Waals surface area contributed by atoms with Crippen molar-refractivity contribution in [1.29, 1.82) is 0 Å². The van der Waals surface area contributed by atoms with E-state index in [0.717, 1.165) is 70.6 Å². The molecule has 0 aromatic rings. The van der Waals surface area contributed by atoms with Crippen LogP contribution in [-0.4, -0.2) is 37.2 Å². The highest BCUT2D eigenvalue weighted by Gasteiger charge is 2.19. The minimum Gasteiger partial charge on any atom is -0.462 e. The summed E-state index contributed by atoms with van der Waals surface area (Å²) < 4.78 is 16.7. The molecule has 1 unspecified atom stereocenters. The fourth-order valence-corrected chi connectivity index (χ4v) is 7.06. The first-order valence-electron chi connectivity index (χ1n) is 25.0. The molecule has 0 bridgehead atoms. The molecule has 6 heteroatoms. The highest BCUT2D eigenvalue weighted by atomic mass is 16.6. The van der Waals surface area contributed by atoms with Gasteiger partial charge in [0.1, 0.15) is 13.2 Å². The molecule has 0 aliphatic rings. The monoisotopic (exact) mass is 815 g/mol. The standard InChI is InChI=1S/C52H94O6/c1-4-7-10-13-16-19-22-23-24-25-26-27-28-29-31-33-36-39-42-45-51(54)57-48-49(47-56-50(53)44-41-38-35-32-21-18-15-12-9-6-3)58-52(55)46-43-40-37-34-30-20-17-14-11-8-5-2/h14,16-17,19,22-23,49H,4-13,15,18,20-21,24-48H2,1-3H3/b17-14-,19-16-,23-22-. The van der Waals surface area contributed by atoms with Crippen LogP contribution in [0, 0.1) is 0 Å². The molecular formula is C52H94O6. The van der Waals surface area contributed by atoms with Gasteiger partial charge in [-0.05, 0) is 64.2 Å². The molecule has 1 atom stereocenters. The smallest absolute Gasteiger partial charge is 0.306 e. The topological polar surface area (TPSA) is 78.9 Å². The summed E-state index contributed by atoms with van der Waals surface area (Å²) in [6, 6.07) is 0. The molecule has 0 aliphatic heterocycles. The van der Waals surface area contributed by atoms with Crippen molar-refractivity contribution < 1.29 is 28.6 Å². The average Bonchev–Trinajstić information content (AvgIpc) is 3.22. The molecule has 0 saturated heterocycles. The van der Waals surface area contributed by atoms with Gasteiger partial charge >= 0.3 is 17.9 Å². The molecule has 0 amide bonds. The van der Waals surface area contributed by atoms with Crippen molar-refractivity contribution in [3.05, 3.63) is 36.5 Å². The second-order valence-electron chi connectivity index (χ2n) is 16.8. The number of hydrogen-bond donors (Lipinski definition) is 0. The Bertz CT molecular complexity index is 984. The number of allylic oxidation sites excluding steroid dienone is 6. The lowest BCUT2D eigenvalue weighted by atomic mass is 10.1. The van der Waals surface area contributed by atoms with Gasteiger partial charge in [0.2, 0.25) is 0 Å². The lowest BCUT2D eigenvalue weighted by Gasteiger charge is -2.18. The van der Waals surface area contributed by atoms with E-state index < -0.39 is 6.10 Å². The number of unbranched alkanes of at least 4 members (excludes halogenated alkanes) is 29. The highest BCUT2D eigenvalue weighted by Crippen LogP contribution is 2.15. The van der Waals surface area contributed by atoms with Crippen LogP contribution in [0.5, 0.6) is 0 Å². The van der Waals surface area contributed by atoms with Crippen molar-refractivity contribution in [2.45, 2.75) is 264 Å². The van der Waals surface area contributed by atoms with Crippen LogP contribution in [0.2, 0.25) is 0 Å². The highest BCUT2D eigenvalue weighted by molar-refractivity contribution is 5.71. The normalized spacial score (nSPS) is 12.3. The predicted molar refractivity (Wildman–Crippen MR) is 247 cm³/mol. The molecular weight excluding hydrogens is 721 g/mol. The van der Waals surface area contributed by atoms with Crippen LogP contribution in [0.1, 0.15) is 258 Å². The first kappa shape index (κ1) is 55.6. The van der Waals surface area contributed by atoms with Crippen molar-refractivity contribution >= 4 is 17.9 Å². The van der Waals surface area contributed by atoms with Crippen LogP contribution < -0.4 is 0 Å². The first-order valence-corrected chi connectivity index (χ1v) is 25.0. The van der Waals surface area contributed by atoms with Gasteiger partial charge in [-0.3, -0.25) is 14.4 Å². The summed E-state index contributed by atoms with van der Waals surface area (Å²) in [6.45, 7) is 6.56. The fraction of sp³-hybridized carbons (Fsp3) is 0.827. The maximum absolute atomic E-state index is 12.7. The molecule has 58 heavy (non-hydrogen) atoms. The lowest BCUT2D eigenvalue weighted by molar-refractivity contribution is -0.167. The summed E-state index contributed by atoms with van der Waals surface area (Å²) in [5.41, 5.74) is 0. The largest absolute Gasteiger partial charge is 0.462 e. The van der Waals surface area contributed by atoms with Crippen LogP contribution in [0.25, 0.3) is 0 Å². The Morgan fingerprint density at radius 3 is 1.05 bits per heavy atom. The summed E-state index contributed by atoms with van der Waals surface area (Å²) in [5, 5.41) is 0. The SMILES string of the molecule is CCCC/C=C\CCCCCCCC(=O)OC(COC(=O)CCCCCCCCCCCC)COC(=O)CCCCCCCCCCCC/C=C\C=C/CCCCC. The van der Waals surface area contributed by atoms with Crippen molar-refractivity contribution in [3.8, 4) is 0 Å². The Kier molecular flexibility index (Phi) is 45.4. The minimum absolute atomic E-state index is 0.0741. The van der Waals surface area contributed by atoms with Gasteiger partial charge in [-0.2, -0.15) is 0 Å². The van der Waals surface area contributed by atoms with E-state index >= 15 is 0 Å². The van der Waals surface area contributed by atoms with Crippen molar-refractivity contribution in [2.24, 2.45) is 0 Å². The first-order chi connectivity index (χ1) is 28.5. The zero-order valence-corrected chi connectivity index (χ0v) is 38.6. The third-order valence-electron chi connectivity index (χ3n) is 10.9. The number of ether oxygens (including phenoxy) is 3. The van der Waals surface area contributed by atoms with E-state index in [2.05, 4.69) is 57.2 Å². The Labute approximate surface area is 359 Å². The number of carbonyl (C=O) groups excluding carboxylic acids is 3. The second-order valence-corrected chi connectivity index (χ2v) is 16.8. The van der Waals surface area contributed by atoms with Gasteiger partial charge in [-0.25, -0.2) is 0 Å². The lowest BCUT2D eigenvalue weighted by Crippen LogP contribution is -2.30. The molecule has 0 radical (unpaired) electrons. The van der Waals surface area contributed by atoms with Gasteiger partial charge in [0.25, 0.3) is 0 Å². The van der Waals surface area contributed by atoms with Gasteiger partial charge < -0.3 is 14.2 Å². The molecule has 0 rings (SSSR count). The van der Waals surface area contributed by atoms with E-state index in [1.807, 2.05) is 0 Å². The number of carbonyl (C=O) groups is 3. The number of rotatable bonds is 45. The molecule has 338 valence electrons.